The van der Waals surface area contributed by atoms with Crippen LogP contribution in [0.1, 0.15) is 24.5 Å². The van der Waals surface area contributed by atoms with E-state index in [1.165, 1.54) is 0 Å². The van der Waals surface area contributed by atoms with Gasteiger partial charge in [-0.1, -0.05) is 13.8 Å². The molecule has 0 atom stereocenters. The number of hydrogen-bond donors (Lipinski definition) is 1. The van der Waals surface area contributed by atoms with Crippen molar-refractivity contribution < 1.29 is 14.6 Å². The highest BCUT2D eigenvalue weighted by Crippen LogP contribution is 2.25. The molecule has 25 heavy (non-hydrogen) atoms. The molecule has 0 bridgehead atoms. The Hall–Kier alpha value is -3.15. The van der Waals surface area contributed by atoms with Gasteiger partial charge in [0.2, 0.25) is 11.6 Å². The van der Waals surface area contributed by atoms with E-state index >= 15 is 0 Å². The molecule has 0 aliphatic carbocycles. The normalized spacial score (nSPS) is 10.9. The number of hydrogen-bond acceptors (Lipinski definition) is 5. The number of phenols is 1. The second-order valence-electron chi connectivity index (χ2n) is 5.93. The van der Waals surface area contributed by atoms with E-state index in [2.05, 4.69) is 10.1 Å². The predicted molar refractivity (Wildman–Crippen MR) is 94.2 cm³/mol. The Balaban J connectivity index is 2.13. The van der Waals surface area contributed by atoms with Gasteiger partial charge in [0.05, 0.1) is 12.8 Å². The van der Waals surface area contributed by atoms with Gasteiger partial charge in [-0.3, -0.25) is 4.79 Å². The lowest BCUT2D eigenvalue weighted by Gasteiger charge is -2.07. The summed E-state index contributed by atoms with van der Waals surface area (Å²) in [6.07, 6.45) is 0. The second kappa shape index (κ2) is 6.76. The van der Waals surface area contributed by atoms with Gasteiger partial charge in [0, 0.05) is 11.5 Å². The van der Waals surface area contributed by atoms with Gasteiger partial charge in [0.25, 0.3) is 0 Å². The number of methoxy groups -OCH3 is 1. The Labute approximate surface area is 145 Å². The number of rotatable bonds is 5. The van der Waals surface area contributed by atoms with Gasteiger partial charge in [-0.05, 0) is 48.5 Å². The van der Waals surface area contributed by atoms with Crippen LogP contribution in [0.3, 0.4) is 0 Å². The maximum atomic E-state index is 12.3. The van der Waals surface area contributed by atoms with Crippen molar-refractivity contribution >= 4 is 5.78 Å². The molecule has 6 nitrogen and oxygen atoms in total. The molecule has 0 aliphatic heterocycles. The molecule has 0 fully saturated rings. The van der Waals surface area contributed by atoms with Crippen molar-refractivity contribution in [3.05, 3.63) is 54.4 Å². The summed E-state index contributed by atoms with van der Waals surface area (Å²) in [7, 11) is 1.60. The minimum Gasteiger partial charge on any atom is -0.508 e. The summed E-state index contributed by atoms with van der Waals surface area (Å²) < 4.78 is 6.81. The number of ketones is 1. The van der Waals surface area contributed by atoms with Crippen LogP contribution in [-0.4, -0.2) is 32.8 Å². The Bertz CT molecular complexity index is 881. The van der Waals surface area contributed by atoms with E-state index in [1.54, 1.807) is 36.1 Å². The second-order valence-corrected chi connectivity index (χ2v) is 5.93. The van der Waals surface area contributed by atoms with E-state index in [9.17, 15) is 9.90 Å². The number of benzene rings is 2. The summed E-state index contributed by atoms with van der Waals surface area (Å²) in [5.74, 6) is 1.29. The van der Waals surface area contributed by atoms with E-state index < -0.39 is 0 Å². The summed E-state index contributed by atoms with van der Waals surface area (Å²) in [5.41, 5.74) is 1.52. The number of carbonyl (C=O) groups is 1. The van der Waals surface area contributed by atoms with Gasteiger partial charge in [0.15, 0.2) is 5.82 Å². The van der Waals surface area contributed by atoms with Crippen molar-refractivity contribution in [2.24, 2.45) is 5.92 Å². The van der Waals surface area contributed by atoms with E-state index in [0.717, 1.165) is 17.0 Å². The van der Waals surface area contributed by atoms with Crippen molar-refractivity contribution in [2.45, 2.75) is 13.8 Å². The van der Waals surface area contributed by atoms with Gasteiger partial charge in [-0.25, -0.2) is 9.67 Å². The Kier molecular flexibility index (Phi) is 4.52. The van der Waals surface area contributed by atoms with Crippen LogP contribution in [0.15, 0.2) is 48.5 Å². The largest absolute Gasteiger partial charge is 0.508 e. The zero-order chi connectivity index (χ0) is 18.0. The molecule has 0 saturated carbocycles. The van der Waals surface area contributed by atoms with Crippen LogP contribution < -0.4 is 4.74 Å². The van der Waals surface area contributed by atoms with Crippen LogP contribution in [0.25, 0.3) is 17.1 Å². The number of aromatic hydroxyl groups is 1. The van der Waals surface area contributed by atoms with Gasteiger partial charge < -0.3 is 9.84 Å². The maximum absolute atomic E-state index is 12.3. The Morgan fingerprint density at radius 2 is 1.72 bits per heavy atom. The van der Waals surface area contributed by atoms with E-state index in [0.29, 0.717) is 5.82 Å². The molecule has 0 saturated heterocycles. The van der Waals surface area contributed by atoms with E-state index in [1.807, 2.05) is 38.1 Å². The molecule has 2 aromatic carbocycles. The van der Waals surface area contributed by atoms with Crippen molar-refractivity contribution in [1.82, 2.24) is 14.8 Å². The third kappa shape index (κ3) is 3.38. The molecule has 1 N–H and O–H groups in total. The number of aromatic nitrogens is 3. The van der Waals surface area contributed by atoms with E-state index in [-0.39, 0.29) is 23.3 Å². The van der Waals surface area contributed by atoms with Crippen molar-refractivity contribution in [3.8, 4) is 28.6 Å². The standard InChI is InChI=1S/C19H19N3O3/c1-12(2)17(24)18-20-19(13-4-8-15(23)9-5-13)22(21-18)14-6-10-16(25-3)11-7-14/h4-12,23H,1-3H3. The summed E-state index contributed by atoms with van der Waals surface area (Å²) in [4.78, 5) is 16.8. The molecular formula is C19H19N3O3. The lowest BCUT2D eigenvalue weighted by atomic mass is 10.1. The van der Waals surface area contributed by atoms with E-state index in [4.69, 9.17) is 4.74 Å². The lowest BCUT2D eigenvalue weighted by molar-refractivity contribution is 0.0929. The van der Waals surface area contributed by atoms with Crippen molar-refractivity contribution in [1.29, 1.82) is 0 Å². The SMILES string of the molecule is COc1ccc(-n2nc(C(=O)C(C)C)nc2-c2ccc(O)cc2)cc1. The first-order chi connectivity index (χ1) is 12.0. The zero-order valence-corrected chi connectivity index (χ0v) is 14.3. The van der Waals surface area contributed by atoms with Crippen LogP contribution in [-0.2, 0) is 0 Å². The van der Waals surface area contributed by atoms with Crippen LogP contribution >= 0.6 is 0 Å². The summed E-state index contributed by atoms with van der Waals surface area (Å²) in [5, 5.41) is 13.9. The van der Waals surface area contributed by atoms with Crippen LogP contribution in [0.2, 0.25) is 0 Å². The highest BCUT2D eigenvalue weighted by molar-refractivity contribution is 5.94. The molecule has 128 valence electrons. The quantitative estimate of drug-likeness (QED) is 0.721. The summed E-state index contributed by atoms with van der Waals surface area (Å²) >= 11 is 0. The first-order valence-corrected chi connectivity index (χ1v) is 7.94. The molecule has 0 aliphatic rings. The molecule has 0 unspecified atom stereocenters. The van der Waals surface area contributed by atoms with Crippen LogP contribution in [0.5, 0.6) is 11.5 Å². The Morgan fingerprint density at radius 3 is 2.28 bits per heavy atom. The summed E-state index contributed by atoms with van der Waals surface area (Å²) in [6, 6.07) is 14.0. The fourth-order valence-electron chi connectivity index (χ4n) is 2.38. The van der Waals surface area contributed by atoms with Crippen LogP contribution in [0, 0.1) is 5.92 Å². The third-order valence-electron chi connectivity index (χ3n) is 3.79. The monoisotopic (exact) mass is 337 g/mol. The first kappa shape index (κ1) is 16.7. The average Bonchev–Trinajstić information content (AvgIpc) is 3.07. The number of phenolic OH excluding ortho intramolecular Hbond substituents is 1. The van der Waals surface area contributed by atoms with Crippen LogP contribution in [0.4, 0.5) is 0 Å². The van der Waals surface area contributed by atoms with Gasteiger partial charge >= 0.3 is 0 Å². The molecule has 3 aromatic rings. The number of ether oxygens (including phenoxy) is 1. The van der Waals surface area contributed by atoms with Gasteiger partial charge in [0.1, 0.15) is 11.5 Å². The summed E-state index contributed by atoms with van der Waals surface area (Å²) in [6.45, 7) is 3.63. The van der Waals surface area contributed by atoms with Crippen molar-refractivity contribution in [2.75, 3.05) is 7.11 Å². The topological polar surface area (TPSA) is 77.2 Å². The molecule has 1 aromatic heterocycles. The minimum absolute atomic E-state index is 0.118. The molecule has 0 spiro atoms. The molecular weight excluding hydrogens is 318 g/mol. The number of carbonyl (C=O) groups excluding carboxylic acids is 1. The predicted octanol–water partition coefficient (Wildman–Crippen LogP) is 3.49. The van der Waals surface area contributed by atoms with Crippen molar-refractivity contribution in [3.63, 3.8) is 0 Å². The lowest BCUT2D eigenvalue weighted by Crippen LogP contribution is -2.10. The molecule has 1 heterocycles. The molecule has 3 rings (SSSR count). The highest BCUT2D eigenvalue weighted by atomic mass is 16.5. The highest BCUT2D eigenvalue weighted by Gasteiger charge is 2.20. The number of Topliss-reactive ketones (excluding diaryl/α,β-unsaturated/α-hetero) is 1. The smallest absolute Gasteiger partial charge is 0.218 e. The average molecular weight is 337 g/mol. The fourth-order valence-corrected chi connectivity index (χ4v) is 2.38. The fraction of sp³-hybridized carbons (Fsp3) is 0.211. The molecule has 0 amide bonds. The third-order valence-corrected chi connectivity index (χ3v) is 3.79. The molecule has 6 heteroatoms. The molecule has 0 radical (unpaired) electrons. The maximum Gasteiger partial charge on any atom is 0.218 e. The first-order valence-electron chi connectivity index (χ1n) is 7.94. The zero-order valence-electron chi connectivity index (χ0n) is 14.3. The van der Waals surface area contributed by atoms with Gasteiger partial charge in [-0.15, -0.1) is 5.10 Å². The Morgan fingerprint density at radius 1 is 1.08 bits per heavy atom. The van der Waals surface area contributed by atoms with Gasteiger partial charge in [-0.2, -0.15) is 0 Å². The number of nitrogens with zero attached hydrogens (tertiary/aromatic N) is 3. The minimum atomic E-state index is -0.195.